The molecule has 0 bridgehead atoms. The van der Waals surface area contributed by atoms with Gasteiger partial charge in [-0.15, -0.1) is 11.3 Å². The zero-order valence-corrected chi connectivity index (χ0v) is 16.4. The summed E-state index contributed by atoms with van der Waals surface area (Å²) in [6.07, 6.45) is 2.90. The van der Waals surface area contributed by atoms with Crippen molar-refractivity contribution in [3.8, 4) is 0 Å². The lowest BCUT2D eigenvalue weighted by Crippen LogP contribution is -2.38. The second-order valence-electron chi connectivity index (χ2n) is 6.14. The first-order valence-electron chi connectivity index (χ1n) is 9.02. The monoisotopic (exact) mass is 370 g/mol. The Morgan fingerprint density at radius 3 is 2.85 bits per heavy atom. The van der Waals surface area contributed by atoms with Gasteiger partial charge in [0.15, 0.2) is 5.96 Å². The lowest BCUT2D eigenvalue weighted by molar-refractivity contribution is 0.624. The summed E-state index contributed by atoms with van der Waals surface area (Å²) >= 11 is 1.69. The number of thiazole rings is 1. The van der Waals surface area contributed by atoms with E-state index >= 15 is 0 Å². The number of nitrogens with zero attached hydrogens (tertiary/aromatic N) is 4. The van der Waals surface area contributed by atoms with Crippen LogP contribution in [-0.2, 0) is 13.1 Å². The molecule has 0 spiro atoms. The highest BCUT2D eigenvalue weighted by Crippen LogP contribution is 2.15. The number of guanidine groups is 1. The summed E-state index contributed by atoms with van der Waals surface area (Å²) in [5.41, 5.74) is 2.26. The van der Waals surface area contributed by atoms with Crippen LogP contribution in [0.3, 0.4) is 0 Å². The van der Waals surface area contributed by atoms with E-state index in [2.05, 4.69) is 69.1 Å². The Morgan fingerprint density at radius 1 is 1.23 bits per heavy atom. The van der Waals surface area contributed by atoms with E-state index in [9.17, 15) is 0 Å². The molecule has 26 heavy (non-hydrogen) atoms. The highest BCUT2D eigenvalue weighted by Gasteiger charge is 2.06. The first kappa shape index (κ1) is 18.4. The number of fused-ring (bicyclic) bond motifs is 1. The van der Waals surface area contributed by atoms with Crippen LogP contribution in [0.15, 0.2) is 35.5 Å². The standard InChI is InChI=1S/C19H26N6S/c1-4-20-19(23-13-18-22-12-14(2)26-18)21-10-7-11-25-15(3)24-16-8-5-6-9-17(16)25/h5-6,8-9,12H,4,7,10-11,13H2,1-3H3,(H2,20,21,23). The number of hydrogen-bond acceptors (Lipinski definition) is 4. The van der Waals surface area contributed by atoms with Crippen LogP contribution < -0.4 is 10.6 Å². The molecule has 2 N–H and O–H groups in total. The van der Waals surface area contributed by atoms with Gasteiger partial charge in [-0.2, -0.15) is 0 Å². The third kappa shape index (κ3) is 4.60. The quantitative estimate of drug-likeness (QED) is 0.381. The number of aryl methyl sites for hydroxylation is 3. The Morgan fingerprint density at radius 2 is 2.08 bits per heavy atom. The third-order valence-electron chi connectivity index (χ3n) is 4.08. The predicted molar refractivity (Wildman–Crippen MR) is 109 cm³/mol. The Balaban J connectivity index is 1.53. The van der Waals surface area contributed by atoms with Crippen LogP contribution in [-0.4, -0.2) is 33.6 Å². The van der Waals surface area contributed by atoms with Crippen LogP contribution in [0.25, 0.3) is 11.0 Å². The fraction of sp³-hybridized carbons (Fsp3) is 0.421. The number of para-hydroxylation sites is 2. The summed E-state index contributed by atoms with van der Waals surface area (Å²) in [6.45, 7) is 9.45. The smallest absolute Gasteiger partial charge is 0.191 e. The van der Waals surface area contributed by atoms with Crippen molar-refractivity contribution in [1.82, 2.24) is 25.2 Å². The molecular weight excluding hydrogens is 344 g/mol. The minimum absolute atomic E-state index is 0.610. The normalized spacial score (nSPS) is 11.9. The number of imidazole rings is 1. The topological polar surface area (TPSA) is 67.1 Å². The van der Waals surface area contributed by atoms with Gasteiger partial charge in [0.1, 0.15) is 10.8 Å². The molecule has 2 aromatic heterocycles. The van der Waals surface area contributed by atoms with Crippen molar-refractivity contribution in [3.63, 3.8) is 0 Å². The molecule has 0 unspecified atom stereocenters. The molecule has 6 nitrogen and oxygen atoms in total. The molecule has 0 saturated carbocycles. The van der Waals surface area contributed by atoms with Gasteiger partial charge in [0.25, 0.3) is 0 Å². The van der Waals surface area contributed by atoms with Crippen molar-refractivity contribution in [2.24, 2.45) is 4.99 Å². The molecular formula is C19H26N6S. The molecule has 138 valence electrons. The maximum Gasteiger partial charge on any atom is 0.191 e. The summed E-state index contributed by atoms with van der Waals surface area (Å²) in [7, 11) is 0. The Labute approximate surface area is 158 Å². The van der Waals surface area contributed by atoms with Crippen molar-refractivity contribution in [3.05, 3.63) is 46.2 Å². The van der Waals surface area contributed by atoms with Gasteiger partial charge in [-0.1, -0.05) is 12.1 Å². The minimum Gasteiger partial charge on any atom is -0.357 e. The molecule has 0 atom stereocenters. The highest BCUT2D eigenvalue weighted by atomic mass is 32.1. The number of benzene rings is 1. The van der Waals surface area contributed by atoms with Gasteiger partial charge in [-0.05, 0) is 39.3 Å². The lowest BCUT2D eigenvalue weighted by Gasteiger charge is -2.12. The molecule has 3 aromatic rings. The van der Waals surface area contributed by atoms with E-state index in [0.29, 0.717) is 6.54 Å². The predicted octanol–water partition coefficient (Wildman–Crippen LogP) is 3.26. The molecule has 7 heteroatoms. The van der Waals surface area contributed by atoms with E-state index in [4.69, 9.17) is 0 Å². The first-order valence-corrected chi connectivity index (χ1v) is 9.84. The van der Waals surface area contributed by atoms with Crippen molar-refractivity contribution >= 4 is 28.3 Å². The van der Waals surface area contributed by atoms with E-state index in [1.807, 2.05) is 12.3 Å². The number of hydrogen-bond donors (Lipinski definition) is 2. The summed E-state index contributed by atoms with van der Waals surface area (Å²) in [4.78, 5) is 14.8. The zero-order valence-electron chi connectivity index (χ0n) is 15.6. The summed E-state index contributed by atoms with van der Waals surface area (Å²) in [5.74, 6) is 1.90. The molecule has 0 radical (unpaired) electrons. The molecule has 0 aliphatic heterocycles. The van der Waals surface area contributed by atoms with E-state index in [1.165, 1.54) is 10.4 Å². The molecule has 0 fully saturated rings. The first-order chi connectivity index (χ1) is 12.7. The largest absolute Gasteiger partial charge is 0.357 e. The second-order valence-corrected chi connectivity index (χ2v) is 7.46. The minimum atomic E-state index is 0.610. The van der Waals surface area contributed by atoms with Gasteiger partial charge in [0.2, 0.25) is 0 Å². The van der Waals surface area contributed by atoms with Crippen LogP contribution in [0.1, 0.15) is 29.1 Å². The van der Waals surface area contributed by atoms with E-state index in [0.717, 1.165) is 48.4 Å². The van der Waals surface area contributed by atoms with Gasteiger partial charge in [0, 0.05) is 30.7 Å². The fourth-order valence-corrected chi connectivity index (χ4v) is 3.60. The van der Waals surface area contributed by atoms with Crippen molar-refractivity contribution in [1.29, 1.82) is 0 Å². The summed E-state index contributed by atoms with van der Waals surface area (Å²) in [6, 6.07) is 8.29. The molecule has 0 amide bonds. The van der Waals surface area contributed by atoms with Crippen molar-refractivity contribution < 1.29 is 0 Å². The van der Waals surface area contributed by atoms with E-state index in [-0.39, 0.29) is 0 Å². The molecule has 0 saturated heterocycles. The molecule has 1 aromatic carbocycles. The maximum atomic E-state index is 4.62. The Hall–Kier alpha value is -2.41. The van der Waals surface area contributed by atoms with Gasteiger partial charge < -0.3 is 15.2 Å². The average molecular weight is 371 g/mol. The highest BCUT2D eigenvalue weighted by molar-refractivity contribution is 7.11. The summed E-state index contributed by atoms with van der Waals surface area (Å²) < 4.78 is 2.28. The summed E-state index contributed by atoms with van der Waals surface area (Å²) in [5, 5.41) is 7.74. The third-order valence-corrected chi connectivity index (χ3v) is 4.98. The SMILES string of the molecule is CCNC(=NCc1ncc(C)s1)NCCCn1c(C)nc2ccccc21. The van der Waals surface area contributed by atoms with E-state index < -0.39 is 0 Å². The number of aromatic nitrogens is 3. The molecule has 0 aliphatic rings. The average Bonchev–Trinajstić information content (AvgIpc) is 3.19. The zero-order chi connectivity index (χ0) is 18.4. The molecule has 3 rings (SSSR count). The second kappa shape index (κ2) is 8.80. The lowest BCUT2D eigenvalue weighted by atomic mass is 10.3. The maximum absolute atomic E-state index is 4.62. The van der Waals surface area contributed by atoms with Crippen LogP contribution in [0.5, 0.6) is 0 Å². The van der Waals surface area contributed by atoms with Crippen molar-refractivity contribution in [2.75, 3.05) is 13.1 Å². The van der Waals surface area contributed by atoms with Crippen LogP contribution >= 0.6 is 11.3 Å². The Bertz CT molecular complexity index is 879. The van der Waals surface area contributed by atoms with Crippen LogP contribution in [0, 0.1) is 13.8 Å². The van der Waals surface area contributed by atoms with Gasteiger partial charge in [0.05, 0.1) is 17.6 Å². The Kier molecular flexibility index (Phi) is 6.22. The van der Waals surface area contributed by atoms with E-state index in [1.54, 1.807) is 11.3 Å². The molecule has 0 aliphatic carbocycles. The van der Waals surface area contributed by atoms with Crippen molar-refractivity contribution in [2.45, 2.75) is 40.3 Å². The van der Waals surface area contributed by atoms with Crippen LogP contribution in [0.2, 0.25) is 0 Å². The van der Waals surface area contributed by atoms with Crippen LogP contribution in [0.4, 0.5) is 0 Å². The number of nitrogens with one attached hydrogen (secondary N) is 2. The number of aliphatic imine (C=N–C) groups is 1. The molecule has 2 heterocycles. The fourth-order valence-electron chi connectivity index (χ4n) is 2.89. The van der Waals surface area contributed by atoms with Gasteiger partial charge in [-0.3, -0.25) is 0 Å². The van der Waals surface area contributed by atoms with Gasteiger partial charge >= 0.3 is 0 Å². The number of rotatable bonds is 7. The van der Waals surface area contributed by atoms with Gasteiger partial charge in [-0.25, -0.2) is 15.0 Å².